The fraction of sp³-hybridized carbons (Fsp3) is 0.259. The van der Waals surface area contributed by atoms with Gasteiger partial charge in [-0.25, -0.2) is 4.98 Å². The molecule has 12 heteroatoms. The molecule has 4 rings (SSSR count). The highest BCUT2D eigenvalue weighted by molar-refractivity contribution is 5.81. The molecule has 1 heterocycles. The van der Waals surface area contributed by atoms with Crippen molar-refractivity contribution in [3.05, 3.63) is 83.9 Å². The topological polar surface area (TPSA) is 65.4 Å². The Kier molecular flexibility index (Phi) is 8.03. The van der Waals surface area contributed by atoms with E-state index in [0.717, 1.165) is 17.7 Å². The predicted octanol–water partition coefficient (Wildman–Crippen LogP) is 7.33. The number of aryl methyl sites for hydroxylation is 1. The first-order valence-corrected chi connectivity index (χ1v) is 11.7. The van der Waals surface area contributed by atoms with E-state index in [-0.39, 0.29) is 18.1 Å². The monoisotopic (exact) mass is 551 g/mol. The molecule has 0 saturated heterocycles. The van der Waals surface area contributed by atoms with Crippen molar-refractivity contribution in [2.75, 3.05) is 12.4 Å². The summed E-state index contributed by atoms with van der Waals surface area (Å²) in [5.74, 6) is -0.802. The number of nitrogens with zero attached hydrogens (tertiary/aromatic N) is 2. The first kappa shape index (κ1) is 27.8. The lowest BCUT2D eigenvalue weighted by Gasteiger charge is -2.24. The second-order valence-corrected chi connectivity index (χ2v) is 8.65. The first-order chi connectivity index (χ1) is 18.4. The zero-order valence-electron chi connectivity index (χ0n) is 20.5. The molecule has 0 aliphatic carbocycles. The van der Waals surface area contributed by atoms with Gasteiger partial charge in [-0.15, -0.1) is 13.2 Å². The van der Waals surface area contributed by atoms with Crippen LogP contribution in [0.5, 0.6) is 5.75 Å². The van der Waals surface area contributed by atoms with Crippen LogP contribution in [0.25, 0.3) is 11.0 Å². The van der Waals surface area contributed by atoms with E-state index >= 15 is 0 Å². The Labute approximate surface area is 219 Å². The number of alkyl halides is 6. The Bertz CT molecular complexity index is 1420. The average molecular weight is 551 g/mol. The number of rotatable bonds is 9. The van der Waals surface area contributed by atoms with Gasteiger partial charge in [0.1, 0.15) is 5.75 Å². The third-order valence-corrected chi connectivity index (χ3v) is 5.86. The number of ether oxygens (including phenoxy) is 2. The summed E-state index contributed by atoms with van der Waals surface area (Å²) >= 11 is 0. The fourth-order valence-corrected chi connectivity index (χ4v) is 4.17. The summed E-state index contributed by atoms with van der Waals surface area (Å²) in [6, 6.07) is 16.7. The van der Waals surface area contributed by atoms with Crippen molar-refractivity contribution in [3.8, 4) is 5.75 Å². The number of imidazole rings is 1. The number of hydrogen-bond donors (Lipinski definition) is 1. The summed E-state index contributed by atoms with van der Waals surface area (Å²) in [5.41, 5.74) is 2.17. The predicted molar refractivity (Wildman–Crippen MR) is 132 cm³/mol. The van der Waals surface area contributed by atoms with Gasteiger partial charge in [0.2, 0.25) is 5.95 Å². The minimum Gasteiger partial charge on any atom is -0.469 e. The van der Waals surface area contributed by atoms with E-state index in [4.69, 9.17) is 0 Å². The third-order valence-electron chi connectivity index (χ3n) is 5.86. The molecule has 0 amide bonds. The number of methoxy groups -OCH3 is 1. The summed E-state index contributed by atoms with van der Waals surface area (Å²) < 4.78 is 88.9. The van der Waals surface area contributed by atoms with Gasteiger partial charge in [-0.1, -0.05) is 36.4 Å². The van der Waals surface area contributed by atoms with Crippen LogP contribution < -0.4 is 10.1 Å². The van der Waals surface area contributed by atoms with Gasteiger partial charge in [0.25, 0.3) is 0 Å². The Hall–Kier alpha value is -4.22. The maximum absolute atomic E-state index is 13.8. The Balaban J connectivity index is 1.78. The Morgan fingerprint density at radius 2 is 1.67 bits per heavy atom. The van der Waals surface area contributed by atoms with Crippen molar-refractivity contribution in [2.24, 2.45) is 0 Å². The smallest absolute Gasteiger partial charge is 0.469 e. The van der Waals surface area contributed by atoms with E-state index in [1.165, 1.54) is 23.8 Å². The summed E-state index contributed by atoms with van der Waals surface area (Å²) in [6.45, 7) is 0. The summed E-state index contributed by atoms with van der Waals surface area (Å²) in [7, 11) is 1.28. The quantitative estimate of drug-likeness (QED) is 0.174. The lowest BCUT2D eigenvalue weighted by Crippen LogP contribution is -2.21. The average Bonchev–Trinajstić information content (AvgIpc) is 3.22. The highest BCUT2D eigenvalue weighted by atomic mass is 19.4. The number of fused-ring (bicyclic) bond motifs is 1. The molecule has 1 N–H and O–H groups in total. The first-order valence-electron chi connectivity index (χ1n) is 11.7. The summed E-state index contributed by atoms with van der Waals surface area (Å²) in [6.07, 6.45) is -10.1. The number of nitrogens with one attached hydrogen (secondary N) is 1. The molecule has 6 nitrogen and oxygen atoms in total. The van der Waals surface area contributed by atoms with Gasteiger partial charge < -0.3 is 19.4 Å². The Morgan fingerprint density at radius 1 is 0.974 bits per heavy atom. The zero-order valence-corrected chi connectivity index (χ0v) is 20.5. The van der Waals surface area contributed by atoms with Crippen LogP contribution in [0.2, 0.25) is 0 Å². The molecular weight excluding hydrogens is 528 g/mol. The van der Waals surface area contributed by atoms with Gasteiger partial charge in [-0.3, -0.25) is 4.79 Å². The van der Waals surface area contributed by atoms with E-state index < -0.39 is 36.7 Å². The largest absolute Gasteiger partial charge is 0.573 e. The van der Waals surface area contributed by atoms with Crippen molar-refractivity contribution >= 4 is 28.6 Å². The number of anilines is 2. The highest BCUT2D eigenvalue weighted by Gasteiger charge is 2.35. The number of esters is 1. The molecule has 3 aromatic carbocycles. The van der Waals surface area contributed by atoms with Gasteiger partial charge in [-0.05, 0) is 53.9 Å². The van der Waals surface area contributed by atoms with Crippen LogP contribution in [-0.4, -0.2) is 35.2 Å². The van der Waals surface area contributed by atoms with Crippen LogP contribution in [-0.2, 0) is 16.0 Å². The molecule has 206 valence electrons. The third kappa shape index (κ3) is 7.43. The van der Waals surface area contributed by atoms with Crippen LogP contribution in [0.4, 0.5) is 38.0 Å². The number of carbonyl (C=O) groups excluding carboxylic acids is 1. The summed E-state index contributed by atoms with van der Waals surface area (Å²) in [4.78, 5) is 16.1. The number of halogens is 6. The van der Waals surface area contributed by atoms with Crippen LogP contribution in [0.1, 0.15) is 30.0 Å². The second-order valence-electron chi connectivity index (χ2n) is 8.65. The van der Waals surface area contributed by atoms with Gasteiger partial charge in [0.05, 0.1) is 30.6 Å². The molecule has 39 heavy (non-hydrogen) atoms. The molecule has 0 saturated carbocycles. The lowest BCUT2D eigenvalue weighted by molar-refractivity contribution is -0.274. The number of hydrogen-bond acceptors (Lipinski definition) is 5. The van der Waals surface area contributed by atoms with Crippen molar-refractivity contribution < 1.29 is 40.6 Å². The number of aromatic nitrogens is 2. The number of benzene rings is 3. The highest BCUT2D eigenvalue weighted by Crippen LogP contribution is 2.38. The lowest BCUT2D eigenvalue weighted by atomic mass is 10.0. The van der Waals surface area contributed by atoms with Crippen molar-refractivity contribution in [1.29, 1.82) is 0 Å². The van der Waals surface area contributed by atoms with Crippen LogP contribution >= 0.6 is 0 Å². The molecule has 0 radical (unpaired) electrons. The molecular formula is C27H23F6N3O3. The van der Waals surface area contributed by atoms with Gasteiger partial charge in [0.15, 0.2) is 0 Å². The van der Waals surface area contributed by atoms with Gasteiger partial charge in [-0.2, -0.15) is 13.2 Å². The molecule has 0 aliphatic heterocycles. The van der Waals surface area contributed by atoms with E-state index in [9.17, 15) is 31.1 Å². The van der Waals surface area contributed by atoms with Crippen molar-refractivity contribution in [1.82, 2.24) is 9.55 Å². The van der Waals surface area contributed by atoms with E-state index in [2.05, 4.69) is 19.8 Å². The van der Waals surface area contributed by atoms with Crippen LogP contribution in [0.3, 0.4) is 0 Å². The maximum Gasteiger partial charge on any atom is 0.573 e. The van der Waals surface area contributed by atoms with Gasteiger partial charge in [0, 0.05) is 12.1 Å². The molecule has 0 spiro atoms. The van der Waals surface area contributed by atoms with Crippen molar-refractivity contribution in [3.63, 3.8) is 0 Å². The van der Waals surface area contributed by atoms with Gasteiger partial charge >= 0.3 is 18.5 Å². The molecule has 0 bridgehead atoms. The Morgan fingerprint density at radius 3 is 2.28 bits per heavy atom. The molecule has 1 atom stereocenters. The zero-order chi connectivity index (χ0) is 28.2. The minimum atomic E-state index is -4.87. The maximum atomic E-state index is 13.8. The van der Waals surface area contributed by atoms with E-state index in [1.807, 2.05) is 0 Å². The normalized spacial score (nSPS) is 12.8. The van der Waals surface area contributed by atoms with E-state index in [1.54, 1.807) is 48.5 Å². The van der Waals surface area contributed by atoms with Crippen LogP contribution in [0.15, 0.2) is 72.8 Å². The molecule has 0 aliphatic rings. The van der Waals surface area contributed by atoms with E-state index in [0.29, 0.717) is 23.0 Å². The molecule has 4 aromatic rings. The number of carbonyl (C=O) groups is 1. The van der Waals surface area contributed by atoms with Crippen molar-refractivity contribution in [2.45, 2.75) is 37.8 Å². The van der Waals surface area contributed by atoms with Crippen LogP contribution in [0, 0.1) is 0 Å². The minimum absolute atomic E-state index is 0.0534. The molecule has 0 unspecified atom stereocenters. The summed E-state index contributed by atoms with van der Waals surface area (Å²) in [5, 5.41) is 2.94. The molecule has 0 fully saturated rings. The molecule has 1 aromatic heterocycles. The fourth-order valence-electron chi connectivity index (χ4n) is 4.17. The second kappa shape index (κ2) is 11.3. The standard InChI is InChI=1S/C27H23F6N3O3/c1-38-24(37)14-8-17-7-13-22-21(15-17)35-25(34-19-9-11-20(12-10-19)39-27(31,32)33)36(22)23(16-26(28,29)30)18-5-3-2-4-6-18/h2-7,9-13,15,23H,8,14,16H2,1H3,(H,34,35)/t23-/m0/s1. The SMILES string of the molecule is COC(=O)CCc1ccc2c(c1)nc(Nc1ccc(OC(F)(F)F)cc1)n2[C@@H](CC(F)(F)F)c1ccccc1.